The molecule has 0 bridgehead atoms. The Labute approximate surface area is 172 Å². The molecule has 30 heavy (non-hydrogen) atoms. The first-order valence-electron chi connectivity index (χ1n) is 9.55. The highest BCUT2D eigenvalue weighted by Gasteiger charge is 2.38. The number of likely N-dealkylation sites (tertiary alicyclic amines) is 1. The lowest BCUT2D eigenvalue weighted by molar-refractivity contribution is -0.141. The molecule has 0 unspecified atom stereocenters. The minimum absolute atomic E-state index is 0.0729. The highest BCUT2D eigenvalue weighted by molar-refractivity contribution is 6.02. The molecule has 2 heterocycles. The van der Waals surface area contributed by atoms with Crippen molar-refractivity contribution in [2.75, 3.05) is 6.54 Å². The number of aromatic amines is 1. The topological polar surface area (TPSA) is 202 Å². The number of H-pyrrole nitrogens is 1. The quantitative estimate of drug-likeness (QED) is 0.253. The number of hydrogen-bond acceptors (Lipinski definition) is 7. The van der Waals surface area contributed by atoms with Crippen LogP contribution in [0, 0.1) is 0 Å². The van der Waals surface area contributed by atoms with Crippen LogP contribution >= 0.6 is 0 Å². The predicted octanol–water partition coefficient (Wildman–Crippen LogP) is -1.94. The second kappa shape index (κ2) is 10.5. The molecule has 1 saturated heterocycles. The Morgan fingerprint density at radius 1 is 1.33 bits per heavy atom. The number of amides is 3. The third kappa shape index (κ3) is 6.37. The fourth-order valence-electron chi connectivity index (χ4n) is 3.36. The molecule has 12 heteroatoms. The van der Waals surface area contributed by atoms with Crippen LogP contribution in [0.15, 0.2) is 12.5 Å². The Morgan fingerprint density at radius 2 is 2.07 bits per heavy atom. The van der Waals surface area contributed by atoms with E-state index in [9.17, 15) is 24.0 Å². The largest absolute Gasteiger partial charge is 0.481 e. The number of rotatable bonds is 11. The van der Waals surface area contributed by atoms with Crippen molar-refractivity contribution in [1.29, 1.82) is 0 Å². The van der Waals surface area contributed by atoms with Crippen molar-refractivity contribution in [2.24, 2.45) is 11.5 Å². The SMILES string of the molecule is NC(=O)CC(=O)[C@@H]1CCCN1C(=O)[C@H](Cc1cnc[nH]1)NC(=O)[C@@H](N)CCC(=O)O. The predicted molar refractivity (Wildman–Crippen MR) is 103 cm³/mol. The van der Waals surface area contributed by atoms with Crippen LogP contribution in [-0.2, 0) is 30.4 Å². The number of nitrogens with zero attached hydrogens (tertiary/aromatic N) is 2. The number of hydrogen-bond donors (Lipinski definition) is 5. The van der Waals surface area contributed by atoms with Crippen LogP contribution in [0.1, 0.15) is 37.8 Å². The van der Waals surface area contributed by atoms with Crippen LogP contribution in [0.3, 0.4) is 0 Å². The monoisotopic (exact) mass is 422 g/mol. The number of carbonyl (C=O) groups excluding carboxylic acids is 4. The van der Waals surface area contributed by atoms with Gasteiger partial charge in [-0.3, -0.25) is 24.0 Å². The van der Waals surface area contributed by atoms with Crippen LogP contribution in [0.2, 0.25) is 0 Å². The fraction of sp³-hybridized carbons (Fsp3) is 0.556. The van der Waals surface area contributed by atoms with Gasteiger partial charge in [-0.25, -0.2) is 4.98 Å². The maximum Gasteiger partial charge on any atom is 0.303 e. The first kappa shape index (κ1) is 23.0. The Kier molecular flexibility index (Phi) is 8.04. The highest BCUT2D eigenvalue weighted by Crippen LogP contribution is 2.21. The van der Waals surface area contributed by atoms with Gasteiger partial charge in [-0.1, -0.05) is 0 Å². The number of carboxylic acid groups (broad SMARTS) is 1. The second-order valence-corrected chi connectivity index (χ2v) is 7.18. The average Bonchev–Trinajstić information content (AvgIpc) is 3.36. The van der Waals surface area contributed by atoms with Gasteiger partial charge < -0.3 is 31.8 Å². The number of aromatic nitrogens is 2. The molecule has 0 saturated carbocycles. The Hall–Kier alpha value is -3.28. The van der Waals surface area contributed by atoms with E-state index in [-0.39, 0.29) is 19.3 Å². The number of primary amides is 1. The van der Waals surface area contributed by atoms with Gasteiger partial charge in [0.05, 0.1) is 24.8 Å². The molecule has 3 amide bonds. The number of aliphatic carboxylic acids is 1. The molecule has 1 aromatic rings. The molecule has 1 aromatic heterocycles. The minimum atomic E-state index is -1.11. The van der Waals surface area contributed by atoms with Gasteiger partial charge in [0.15, 0.2) is 5.78 Å². The smallest absolute Gasteiger partial charge is 0.303 e. The summed E-state index contributed by atoms with van der Waals surface area (Å²) in [5.74, 6) is -3.47. The molecule has 3 atom stereocenters. The number of carbonyl (C=O) groups is 5. The van der Waals surface area contributed by atoms with Crippen molar-refractivity contribution in [2.45, 2.75) is 56.7 Å². The lowest BCUT2D eigenvalue weighted by atomic mass is 10.0. The summed E-state index contributed by atoms with van der Waals surface area (Å²) in [6, 6.07) is -2.94. The molecule has 0 aliphatic carbocycles. The van der Waals surface area contributed by atoms with Crippen molar-refractivity contribution in [3.8, 4) is 0 Å². The summed E-state index contributed by atoms with van der Waals surface area (Å²) in [6.45, 7) is 0.300. The molecular formula is C18H26N6O6. The molecule has 12 nitrogen and oxygen atoms in total. The molecule has 0 spiro atoms. The zero-order chi connectivity index (χ0) is 22.3. The third-order valence-electron chi connectivity index (χ3n) is 4.86. The summed E-state index contributed by atoms with van der Waals surface area (Å²) < 4.78 is 0. The van der Waals surface area contributed by atoms with Crippen LogP contribution in [0.4, 0.5) is 0 Å². The second-order valence-electron chi connectivity index (χ2n) is 7.18. The lowest BCUT2D eigenvalue weighted by Crippen LogP contribution is -2.55. The molecule has 1 aliphatic rings. The zero-order valence-corrected chi connectivity index (χ0v) is 16.4. The van der Waals surface area contributed by atoms with Crippen molar-refractivity contribution in [1.82, 2.24) is 20.2 Å². The normalized spacial score (nSPS) is 17.9. The molecular weight excluding hydrogens is 396 g/mol. The fourth-order valence-corrected chi connectivity index (χ4v) is 3.36. The van der Waals surface area contributed by atoms with E-state index < -0.39 is 54.0 Å². The van der Waals surface area contributed by atoms with Crippen LogP contribution < -0.4 is 16.8 Å². The van der Waals surface area contributed by atoms with Crippen LogP contribution in [0.25, 0.3) is 0 Å². The molecule has 1 aliphatic heterocycles. The van der Waals surface area contributed by atoms with E-state index in [1.807, 2.05) is 0 Å². The maximum atomic E-state index is 13.2. The van der Waals surface area contributed by atoms with Gasteiger partial charge in [0.2, 0.25) is 17.7 Å². The summed E-state index contributed by atoms with van der Waals surface area (Å²) in [5, 5.41) is 11.3. The molecule has 7 N–H and O–H groups in total. The summed E-state index contributed by atoms with van der Waals surface area (Å²) in [5.41, 5.74) is 11.4. The Morgan fingerprint density at radius 3 is 2.67 bits per heavy atom. The van der Waals surface area contributed by atoms with Gasteiger partial charge in [0.1, 0.15) is 6.04 Å². The van der Waals surface area contributed by atoms with E-state index in [2.05, 4.69) is 15.3 Å². The first-order valence-corrected chi connectivity index (χ1v) is 9.55. The number of Topliss-reactive ketones (excluding diaryl/α,β-unsaturated/α-hetero) is 1. The number of carboxylic acids is 1. The van der Waals surface area contributed by atoms with E-state index >= 15 is 0 Å². The Bertz CT molecular complexity index is 795. The van der Waals surface area contributed by atoms with Crippen LogP contribution in [0.5, 0.6) is 0 Å². The molecule has 1 fully saturated rings. The van der Waals surface area contributed by atoms with Crippen molar-refractivity contribution in [3.05, 3.63) is 18.2 Å². The summed E-state index contributed by atoms with van der Waals surface area (Å²) in [4.78, 5) is 67.8. The lowest BCUT2D eigenvalue weighted by Gasteiger charge is -2.29. The molecule has 2 rings (SSSR count). The van der Waals surface area contributed by atoms with E-state index in [0.29, 0.717) is 25.1 Å². The van der Waals surface area contributed by atoms with Crippen molar-refractivity contribution in [3.63, 3.8) is 0 Å². The van der Waals surface area contributed by atoms with E-state index in [4.69, 9.17) is 16.6 Å². The van der Waals surface area contributed by atoms with Gasteiger partial charge in [0, 0.05) is 31.3 Å². The highest BCUT2D eigenvalue weighted by atomic mass is 16.4. The van der Waals surface area contributed by atoms with E-state index in [0.717, 1.165) is 0 Å². The minimum Gasteiger partial charge on any atom is -0.481 e. The van der Waals surface area contributed by atoms with Gasteiger partial charge >= 0.3 is 5.97 Å². The Balaban J connectivity index is 2.14. The van der Waals surface area contributed by atoms with Crippen LogP contribution in [-0.4, -0.2) is 74.1 Å². The van der Waals surface area contributed by atoms with Crippen molar-refractivity contribution >= 4 is 29.5 Å². The molecule has 0 radical (unpaired) electrons. The molecule has 164 valence electrons. The van der Waals surface area contributed by atoms with Gasteiger partial charge in [-0.15, -0.1) is 0 Å². The standard InChI is InChI=1S/C18H26N6O6/c19-11(3-4-16(27)28)17(29)23-12(6-10-8-21-9-22-10)18(30)24-5-1-2-13(24)14(25)7-15(20)26/h8-9,11-13H,1-7,19H2,(H2,20,26)(H,21,22)(H,23,29)(H,27,28)/t11-,12-,13-/m0/s1. The van der Waals surface area contributed by atoms with Gasteiger partial charge in [-0.2, -0.15) is 0 Å². The maximum absolute atomic E-state index is 13.2. The number of imidazole rings is 1. The molecule has 0 aromatic carbocycles. The summed E-state index contributed by atoms with van der Waals surface area (Å²) in [7, 11) is 0. The first-order chi connectivity index (χ1) is 14.2. The summed E-state index contributed by atoms with van der Waals surface area (Å²) in [6.07, 6.45) is 3.13. The third-order valence-corrected chi connectivity index (χ3v) is 4.86. The summed E-state index contributed by atoms with van der Waals surface area (Å²) >= 11 is 0. The van der Waals surface area contributed by atoms with Gasteiger partial charge in [0.25, 0.3) is 0 Å². The number of nitrogens with two attached hydrogens (primary N) is 2. The van der Waals surface area contributed by atoms with Gasteiger partial charge in [-0.05, 0) is 19.3 Å². The number of nitrogens with one attached hydrogen (secondary N) is 2. The zero-order valence-electron chi connectivity index (χ0n) is 16.4. The average molecular weight is 422 g/mol. The van der Waals surface area contributed by atoms with E-state index in [1.165, 1.54) is 17.4 Å². The van der Waals surface area contributed by atoms with Crippen molar-refractivity contribution < 1.29 is 29.1 Å². The number of ketones is 1. The van der Waals surface area contributed by atoms with E-state index in [1.54, 1.807) is 0 Å².